The summed E-state index contributed by atoms with van der Waals surface area (Å²) in [6.07, 6.45) is 8.24. The number of carbonyl (C=O) groups is 2. The molecule has 7 rings (SSSR count). The highest BCUT2D eigenvalue weighted by Gasteiger charge is 2.27. The Morgan fingerprint density at radius 2 is 1.11 bits per heavy atom. The molecule has 4 N–H and O–H groups in total. The lowest BCUT2D eigenvalue weighted by molar-refractivity contribution is -0.116. The molecule has 4 aromatic heterocycles. The number of amides is 2. The molecule has 0 radical (unpaired) electrons. The van der Waals surface area contributed by atoms with Crippen LogP contribution in [0.1, 0.15) is 60.0 Å². The van der Waals surface area contributed by atoms with Crippen LogP contribution in [-0.4, -0.2) is 42.2 Å². The van der Waals surface area contributed by atoms with E-state index < -0.39 is 0 Å². The molecule has 44 heavy (non-hydrogen) atoms. The highest BCUT2D eigenvalue weighted by atomic mass is 16.2. The number of H-pyrrole nitrogens is 2. The fourth-order valence-electron chi connectivity index (χ4n) is 6.26. The molecule has 6 aromatic rings. The second kappa shape index (κ2) is 12.1. The maximum Gasteiger partial charge on any atom is 0.230 e. The van der Waals surface area contributed by atoms with Crippen LogP contribution in [0.15, 0.2) is 85.2 Å². The standard InChI is InChI=1S/C34H32N8O2/c43-33(17-23-19-35-29-10-3-1-8-25(23)29)37-31-14-12-27(39-41-31)21-6-5-7-22(16-21)28-13-15-32(42-40-28)38-34(44)18-24-20-36-30-11-4-2-9-26(24)30/h1-4,8-15,19-22,35-36H,5-7,16-18H2,(H,37,41,43)(H,38,42,44)/t21-,22+. The van der Waals surface area contributed by atoms with Crippen LogP contribution in [0.4, 0.5) is 11.6 Å². The molecule has 1 aliphatic carbocycles. The maximum atomic E-state index is 12.7. The van der Waals surface area contributed by atoms with Crippen molar-refractivity contribution in [2.24, 2.45) is 0 Å². The minimum atomic E-state index is -0.134. The predicted molar refractivity (Wildman–Crippen MR) is 169 cm³/mol. The number of hydrogen-bond donors (Lipinski definition) is 4. The van der Waals surface area contributed by atoms with Gasteiger partial charge < -0.3 is 20.6 Å². The van der Waals surface area contributed by atoms with Gasteiger partial charge in [-0.1, -0.05) is 42.8 Å². The lowest BCUT2D eigenvalue weighted by atomic mass is 9.78. The topological polar surface area (TPSA) is 141 Å². The zero-order valence-electron chi connectivity index (χ0n) is 24.1. The lowest BCUT2D eigenvalue weighted by Crippen LogP contribution is -2.18. The van der Waals surface area contributed by atoms with Crippen LogP contribution in [0.5, 0.6) is 0 Å². The van der Waals surface area contributed by atoms with E-state index in [9.17, 15) is 9.59 Å². The molecule has 2 amide bonds. The number of rotatable bonds is 8. The second-order valence-electron chi connectivity index (χ2n) is 11.4. The Morgan fingerprint density at radius 1 is 0.636 bits per heavy atom. The smallest absolute Gasteiger partial charge is 0.230 e. The van der Waals surface area contributed by atoms with Crippen LogP contribution in [0.25, 0.3) is 21.8 Å². The van der Waals surface area contributed by atoms with Gasteiger partial charge in [-0.3, -0.25) is 9.59 Å². The quantitative estimate of drug-likeness (QED) is 0.172. The number of hydrogen-bond acceptors (Lipinski definition) is 6. The third-order valence-corrected chi connectivity index (χ3v) is 8.47. The summed E-state index contributed by atoms with van der Waals surface area (Å²) in [4.78, 5) is 31.8. The van der Waals surface area contributed by atoms with Crippen LogP contribution >= 0.6 is 0 Å². The SMILES string of the molecule is O=C(Cc1c[nH]c2ccccc12)Nc1ccc([C@@H]2CCC[C@H](c3ccc(NC(=O)Cc4c[nH]c5ccccc45)nn3)C2)nn1. The average molecular weight is 585 g/mol. The molecule has 2 aromatic carbocycles. The molecule has 1 fully saturated rings. The zero-order chi connectivity index (χ0) is 29.9. The molecular weight excluding hydrogens is 552 g/mol. The van der Waals surface area contributed by atoms with Gasteiger partial charge in [0, 0.05) is 46.0 Å². The van der Waals surface area contributed by atoms with Gasteiger partial charge in [-0.05, 0) is 66.8 Å². The van der Waals surface area contributed by atoms with Crippen LogP contribution in [0.3, 0.4) is 0 Å². The summed E-state index contributed by atoms with van der Waals surface area (Å²) in [5.41, 5.74) is 5.74. The van der Waals surface area contributed by atoms with Gasteiger partial charge in [0.25, 0.3) is 0 Å². The molecule has 0 saturated heterocycles. The number of aromatic nitrogens is 6. The van der Waals surface area contributed by atoms with Gasteiger partial charge in [-0.15, -0.1) is 10.2 Å². The lowest BCUT2D eigenvalue weighted by Gasteiger charge is -2.28. The van der Waals surface area contributed by atoms with Crippen molar-refractivity contribution >= 4 is 45.3 Å². The molecule has 10 heteroatoms. The van der Waals surface area contributed by atoms with Crippen molar-refractivity contribution in [3.05, 3.63) is 108 Å². The summed E-state index contributed by atoms with van der Waals surface area (Å²) in [6, 6.07) is 23.4. The van der Waals surface area contributed by atoms with Gasteiger partial charge >= 0.3 is 0 Å². The van der Waals surface area contributed by atoms with Crippen molar-refractivity contribution in [1.82, 2.24) is 30.4 Å². The van der Waals surface area contributed by atoms with Crippen molar-refractivity contribution in [1.29, 1.82) is 0 Å². The van der Waals surface area contributed by atoms with Crippen LogP contribution < -0.4 is 10.6 Å². The first-order valence-electron chi connectivity index (χ1n) is 15.0. The van der Waals surface area contributed by atoms with E-state index in [-0.39, 0.29) is 36.5 Å². The predicted octanol–water partition coefficient (Wildman–Crippen LogP) is 6.03. The third-order valence-electron chi connectivity index (χ3n) is 8.47. The first-order chi connectivity index (χ1) is 21.6. The van der Waals surface area contributed by atoms with Gasteiger partial charge in [0.05, 0.1) is 24.2 Å². The third kappa shape index (κ3) is 5.92. The Morgan fingerprint density at radius 3 is 1.57 bits per heavy atom. The van der Waals surface area contributed by atoms with E-state index in [0.29, 0.717) is 11.6 Å². The molecule has 4 heterocycles. The molecular formula is C34H32N8O2. The van der Waals surface area contributed by atoms with Gasteiger partial charge in [0.15, 0.2) is 11.6 Å². The summed E-state index contributed by atoms with van der Waals surface area (Å²) >= 11 is 0. The molecule has 1 aliphatic rings. The minimum absolute atomic E-state index is 0.134. The highest BCUT2D eigenvalue weighted by molar-refractivity contribution is 5.96. The first kappa shape index (κ1) is 27.5. The van der Waals surface area contributed by atoms with E-state index in [1.54, 1.807) is 0 Å². The van der Waals surface area contributed by atoms with Crippen LogP contribution in [0, 0.1) is 0 Å². The largest absolute Gasteiger partial charge is 0.361 e. The molecule has 10 nitrogen and oxygen atoms in total. The number of nitrogens with one attached hydrogen (secondary N) is 4. The number of aromatic amines is 2. The van der Waals surface area contributed by atoms with E-state index in [1.807, 2.05) is 85.2 Å². The molecule has 0 bridgehead atoms. The number of fused-ring (bicyclic) bond motifs is 2. The van der Waals surface area contributed by atoms with Crippen molar-refractivity contribution < 1.29 is 9.59 Å². The molecule has 1 saturated carbocycles. The van der Waals surface area contributed by atoms with Crippen LogP contribution in [0.2, 0.25) is 0 Å². The highest BCUT2D eigenvalue weighted by Crippen LogP contribution is 2.40. The Balaban J connectivity index is 0.932. The Hall–Kier alpha value is -5.38. The zero-order valence-corrected chi connectivity index (χ0v) is 24.1. The first-order valence-corrected chi connectivity index (χ1v) is 15.0. The molecule has 220 valence electrons. The summed E-state index contributed by atoms with van der Waals surface area (Å²) in [5, 5.41) is 25.4. The van der Waals surface area contributed by atoms with Gasteiger partial charge in [-0.25, -0.2) is 0 Å². The Kier molecular flexibility index (Phi) is 7.54. The summed E-state index contributed by atoms with van der Waals surface area (Å²) in [6.45, 7) is 0. The molecule has 0 unspecified atom stereocenters. The second-order valence-corrected chi connectivity index (χ2v) is 11.4. The summed E-state index contributed by atoms with van der Waals surface area (Å²) < 4.78 is 0. The maximum absolute atomic E-state index is 12.7. The Labute approximate surface area is 253 Å². The van der Waals surface area contributed by atoms with Crippen molar-refractivity contribution in [3.63, 3.8) is 0 Å². The van der Waals surface area contributed by atoms with E-state index >= 15 is 0 Å². The molecule has 0 aliphatic heterocycles. The van der Waals surface area contributed by atoms with E-state index in [2.05, 4.69) is 41.0 Å². The number of anilines is 2. The van der Waals surface area contributed by atoms with Crippen LogP contribution in [-0.2, 0) is 22.4 Å². The van der Waals surface area contributed by atoms with E-state index in [4.69, 9.17) is 0 Å². The number of para-hydroxylation sites is 2. The number of benzene rings is 2. The summed E-state index contributed by atoms with van der Waals surface area (Å²) in [7, 11) is 0. The molecule has 2 atom stereocenters. The fourth-order valence-corrected chi connectivity index (χ4v) is 6.26. The molecule has 0 spiro atoms. The summed E-state index contributed by atoms with van der Waals surface area (Å²) in [5.74, 6) is 1.11. The Bertz CT molecular complexity index is 1790. The van der Waals surface area contributed by atoms with E-state index in [1.165, 1.54) is 0 Å². The van der Waals surface area contributed by atoms with E-state index in [0.717, 1.165) is 70.0 Å². The van der Waals surface area contributed by atoms with Crippen molar-refractivity contribution in [2.45, 2.75) is 50.4 Å². The normalized spacial score (nSPS) is 16.6. The van der Waals surface area contributed by atoms with Crippen molar-refractivity contribution in [3.8, 4) is 0 Å². The monoisotopic (exact) mass is 584 g/mol. The van der Waals surface area contributed by atoms with Gasteiger partial charge in [0.2, 0.25) is 11.8 Å². The van der Waals surface area contributed by atoms with Crippen molar-refractivity contribution in [2.75, 3.05) is 10.6 Å². The average Bonchev–Trinajstić information content (AvgIpc) is 3.66. The van der Waals surface area contributed by atoms with Gasteiger partial charge in [-0.2, -0.15) is 10.2 Å². The van der Waals surface area contributed by atoms with Gasteiger partial charge in [0.1, 0.15) is 0 Å². The number of nitrogens with zero attached hydrogens (tertiary/aromatic N) is 4. The fraction of sp³-hybridized carbons (Fsp3) is 0.235. The number of carbonyl (C=O) groups excluding carboxylic acids is 2. The minimum Gasteiger partial charge on any atom is -0.361 e.